The molecule has 0 atom stereocenters. The first-order chi connectivity index (χ1) is 11.2. The first kappa shape index (κ1) is 14.8. The van der Waals surface area contributed by atoms with E-state index in [1.807, 2.05) is 36.4 Å². The zero-order valence-corrected chi connectivity index (χ0v) is 12.5. The Morgan fingerprint density at radius 2 is 1.78 bits per heavy atom. The van der Waals surface area contributed by atoms with E-state index in [4.69, 9.17) is 4.42 Å². The topological polar surface area (TPSA) is 56.5 Å². The number of carbonyl (C=O) groups is 2. The Balaban J connectivity index is 1.79. The molecule has 0 fully saturated rings. The number of hydrogen-bond acceptors (Lipinski definition) is 4. The molecule has 1 aromatic heterocycles. The van der Waals surface area contributed by atoms with E-state index in [1.165, 1.54) is 25.3 Å². The van der Waals surface area contributed by atoms with Crippen molar-refractivity contribution < 1.29 is 18.7 Å². The van der Waals surface area contributed by atoms with Gasteiger partial charge in [-0.1, -0.05) is 36.4 Å². The summed E-state index contributed by atoms with van der Waals surface area (Å²) in [5, 5.41) is 2.10. The van der Waals surface area contributed by atoms with Crippen LogP contribution < -0.4 is 0 Å². The molecule has 0 N–H and O–H groups in total. The minimum Gasteiger partial charge on any atom is -0.463 e. The molecule has 0 spiro atoms. The summed E-state index contributed by atoms with van der Waals surface area (Å²) in [5.41, 5.74) is 0.597. The number of rotatable bonds is 4. The van der Waals surface area contributed by atoms with Crippen LogP contribution in [0.25, 0.3) is 16.8 Å². The molecule has 0 saturated heterocycles. The highest BCUT2D eigenvalue weighted by molar-refractivity contribution is 6.08. The van der Waals surface area contributed by atoms with E-state index in [0.717, 1.165) is 10.8 Å². The van der Waals surface area contributed by atoms with Crippen LogP contribution >= 0.6 is 0 Å². The third kappa shape index (κ3) is 3.21. The molecule has 0 amide bonds. The maximum atomic E-state index is 12.2. The van der Waals surface area contributed by atoms with Crippen molar-refractivity contribution in [3.8, 4) is 0 Å². The molecule has 0 radical (unpaired) electrons. The molecular weight excluding hydrogens is 292 g/mol. The predicted octanol–water partition coefficient (Wildman–Crippen LogP) is 4.12. The maximum Gasteiger partial charge on any atom is 0.373 e. The van der Waals surface area contributed by atoms with E-state index in [9.17, 15) is 9.59 Å². The normalized spacial score (nSPS) is 11.0. The fourth-order valence-electron chi connectivity index (χ4n) is 2.25. The summed E-state index contributed by atoms with van der Waals surface area (Å²) >= 11 is 0. The highest BCUT2D eigenvalue weighted by Crippen LogP contribution is 2.17. The van der Waals surface area contributed by atoms with E-state index in [-0.39, 0.29) is 11.5 Å². The largest absolute Gasteiger partial charge is 0.463 e. The minimum absolute atomic E-state index is 0.102. The Kier molecular flexibility index (Phi) is 4.06. The molecule has 0 aliphatic carbocycles. The first-order valence-electron chi connectivity index (χ1n) is 7.07. The summed E-state index contributed by atoms with van der Waals surface area (Å²) < 4.78 is 9.84. The molecule has 114 valence electrons. The van der Waals surface area contributed by atoms with Gasteiger partial charge in [-0.2, -0.15) is 0 Å². The number of carbonyl (C=O) groups excluding carboxylic acids is 2. The number of ether oxygens (including phenoxy) is 1. The summed E-state index contributed by atoms with van der Waals surface area (Å²) in [7, 11) is 1.28. The molecule has 0 aliphatic heterocycles. The molecule has 0 bridgehead atoms. The van der Waals surface area contributed by atoms with Crippen LogP contribution in [-0.4, -0.2) is 18.9 Å². The van der Waals surface area contributed by atoms with Crippen LogP contribution in [0.4, 0.5) is 0 Å². The zero-order valence-electron chi connectivity index (χ0n) is 12.5. The quantitative estimate of drug-likeness (QED) is 0.413. The second-order valence-electron chi connectivity index (χ2n) is 4.95. The molecule has 3 rings (SSSR count). The van der Waals surface area contributed by atoms with E-state index in [2.05, 4.69) is 4.74 Å². The van der Waals surface area contributed by atoms with E-state index in [0.29, 0.717) is 11.3 Å². The number of furan rings is 1. The van der Waals surface area contributed by atoms with Gasteiger partial charge in [-0.15, -0.1) is 0 Å². The summed E-state index contributed by atoms with van der Waals surface area (Å²) in [6, 6.07) is 16.5. The fourth-order valence-corrected chi connectivity index (χ4v) is 2.25. The van der Waals surface area contributed by atoms with Gasteiger partial charge in [0, 0.05) is 5.56 Å². The molecule has 23 heavy (non-hydrogen) atoms. The van der Waals surface area contributed by atoms with Gasteiger partial charge in [0.15, 0.2) is 5.78 Å². The van der Waals surface area contributed by atoms with Crippen molar-refractivity contribution in [3.63, 3.8) is 0 Å². The molecule has 0 saturated carbocycles. The van der Waals surface area contributed by atoms with E-state index in [1.54, 1.807) is 12.1 Å². The van der Waals surface area contributed by atoms with Crippen LogP contribution in [0.5, 0.6) is 0 Å². The average molecular weight is 306 g/mol. The Bertz CT molecular complexity index is 902. The second kappa shape index (κ2) is 6.32. The maximum absolute atomic E-state index is 12.2. The van der Waals surface area contributed by atoms with Gasteiger partial charge in [0.25, 0.3) is 0 Å². The SMILES string of the molecule is COC(=O)c1ccc(C=CC(=O)c2ccc3ccccc3c2)o1. The zero-order chi connectivity index (χ0) is 16.2. The van der Waals surface area contributed by atoms with Crippen LogP contribution in [0, 0.1) is 0 Å². The van der Waals surface area contributed by atoms with Crippen LogP contribution in [0.1, 0.15) is 26.7 Å². The number of fused-ring (bicyclic) bond motifs is 1. The predicted molar refractivity (Wildman–Crippen MR) is 87.4 cm³/mol. The second-order valence-corrected chi connectivity index (χ2v) is 4.95. The van der Waals surface area contributed by atoms with Crippen LogP contribution in [0.2, 0.25) is 0 Å². The monoisotopic (exact) mass is 306 g/mol. The number of methoxy groups -OCH3 is 1. The van der Waals surface area contributed by atoms with Gasteiger partial charge in [0.2, 0.25) is 5.76 Å². The lowest BCUT2D eigenvalue weighted by Crippen LogP contribution is -1.98. The van der Waals surface area contributed by atoms with Crippen molar-refractivity contribution >= 4 is 28.6 Å². The van der Waals surface area contributed by atoms with E-state index < -0.39 is 5.97 Å². The number of esters is 1. The van der Waals surface area contributed by atoms with Crippen LogP contribution in [-0.2, 0) is 4.74 Å². The number of allylic oxidation sites excluding steroid dienone is 1. The molecule has 3 aromatic rings. The molecule has 2 aromatic carbocycles. The van der Waals surface area contributed by atoms with Gasteiger partial charge in [0.05, 0.1) is 7.11 Å². The standard InChI is InChI=1S/C19H14O4/c1-22-19(21)18-11-9-16(23-18)8-10-17(20)15-7-6-13-4-2-3-5-14(13)12-15/h2-12H,1H3. The minimum atomic E-state index is -0.550. The van der Waals surface area contributed by atoms with Crippen molar-refractivity contribution in [2.75, 3.05) is 7.11 Å². The lowest BCUT2D eigenvalue weighted by molar-refractivity contribution is 0.0564. The van der Waals surface area contributed by atoms with Crippen LogP contribution in [0.3, 0.4) is 0 Å². The Morgan fingerprint density at radius 3 is 2.57 bits per heavy atom. The van der Waals surface area contributed by atoms with E-state index >= 15 is 0 Å². The molecule has 0 aliphatic rings. The summed E-state index contributed by atoms with van der Waals surface area (Å²) in [5.74, 6) is -0.165. The van der Waals surface area contributed by atoms with Gasteiger partial charge < -0.3 is 9.15 Å². The Hall–Kier alpha value is -3.14. The van der Waals surface area contributed by atoms with Crippen molar-refractivity contribution in [2.24, 2.45) is 0 Å². The summed E-state index contributed by atoms with van der Waals surface area (Å²) in [6.07, 6.45) is 2.95. The number of benzene rings is 2. The third-order valence-electron chi connectivity index (χ3n) is 3.45. The fraction of sp³-hybridized carbons (Fsp3) is 0.0526. The highest BCUT2D eigenvalue weighted by Gasteiger charge is 2.10. The van der Waals surface area contributed by atoms with Gasteiger partial charge in [-0.25, -0.2) is 4.79 Å². The molecule has 4 nitrogen and oxygen atoms in total. The highest BCUT2D eigenvalue weighted by atomic mass is 16.5. The van der Waals surface area contributed by atoms with Gasteiger partial charge in [-0.3, -0.25) is 4.79 Å². The van der Waals surface area contributed by atoms with Crippen molar-refractivity contribution in [3.05, 3.63) is 77.8 Å². The lowest BCUT2D eigenvalue weighted by Gasteiger charge is -2.00. The molecule has 4 heteroatoms. The van der Waals surface area contributed by atoms with Crippen molar-refractivity contribution in [1.29, 1.82) is 0 Å². The third-order valence-corrected chi connectivity index (χ3v) is 3.45. The lowest BCUT2D eigenvalue weighted by atomic mass is 10.0. The van der Waals surface area contributed by atoms with Crippen molar-refractivity contribution in [1.82, 2.24) is 0 Å². The van der Waals surface area contributed by atoms with Crippen LogP contribution in [0.15, 0.2) is 65.1 Å². The summed E-state index contributed by atoms with van der Waals surface area (Å²) in [4.78, 5) is 23.5. The smallest absolute Gasteiger partial charge is 0.373 e. The Morgan fingerprint density at radius 1 is 1.00 bits per heavy atom. The van der Waals surface area contributed by atoms with Gasteiger partial charge >= 0.3 is 5.97 Å². The van der Waals surface area contributed by atoms with Gasteiger partial charge in [-0.05, 0) is 41.1 Å². The molecule has 0 unspecified atom stereocenters. The Labute approximate surface area is 133 Å². The first-order valence-corrected chi connectivity index (χ1v) is 7.07. The van der Waals surface area contributed by atoms with Gasteiger partial charge in [0.1, 0.15) is 5.76 Å². The molecule has 1 heterocycles. The number of ketones is 1. The molecular formula is C19H14O4. The van der Waals surface area contributed by atoms with Crippen molar-refractivity contribution in [2.45, 2.75) is 0 Å². The number of hydrogen-bond donors (Lipinski definition) is 0. The average Bonchev–Trinajstić information content (AvgIpc) is 3.07. The summed E-state index contributed by atoms with van der Waals surface area (Å²) in [6.45, 7) is 0.